The molecule has 1 aliphatic rings. The van der Waals surface area contributed by atoms with Crippen molar-refractivity contribution in [3.8, 4) is 5.75 Å². The monoisotopic (exact) mass is 290 g/mol. The summed E-state index contributed by atoms with van der Waals surface area (Å²) in [7, 11) is 0. The number of anilines is 1. The van der Waals surface area contributed by atoms with Gasteiger partial charge in [-0.15, -0.1) is 0 Å². The summed E-state index contributed by atoms with van der Waals surface area (Å²) in [6.45, 7) is 2.11. The van der Waals surface area contributed by atoms with Crippen LogP contribution in [0.5, 0.6) is 5.75 Å². The average molecular weight is 290 g/mol. The number of amides is 1. The average Bonchev–Trinajstić information content (AvgIpc) is 2.74. The summed E-state index contributed by atoms with van der Waals surface area (Å²) >= 11 is 0. The molecule has 0 unspecified atom stereocenters. The molecule has 1 saturated carbocycles. The standard InChI is InChI=1S/C17H26N2O2/c1-2-13-9-10-16(15(18)11-13)21-12-17(20)19-14-7-5-3-4-6-8-14/h9-11,14H,2-8,12,18H2,1H3,(H,19,20). The topological polar surface area (TPSA) is 64.3 Å². The van der Waals surface area contributed by atoms with E-state index < -0.39 is 0 Å². The Morgan fingerprint density at radius 2 is 2.00 bits per heavy atom. The second-order valence-corrected chi connectivity index (χ2v) is 5.77. The van der Waals surface area contributed by atoms with Crippen LogP contribution in [0.2, 0.25) is 0 Å². The Kier molecular flexibility index (Phi) is 5.90. The number of nitrogen functional groups attached to an aromatic ring is 1. The summed E-state index contributed by atoms with van der Waals surface area (Å²) in [5, 5.41) is 3.07. The molecule has 21 heavy (non-hydrogen) atoms. The zero-order valence-electron chi connectivity index (χ0n) is 12.9. The summed E-state index contributed by atoms with van der Waals surface area (Å²) in [4.78, 5) is 12.0. The highest BCUT2D eigenvalue weighted by Gasteiger charge is 2.15. The van der Waals surface area contributed by atoms with Gasteiger partial charge in [-0.2, -0.15) is 0 Å². The lowest BCUT2D eigenvalue weighted by Gasteiger charge is -2.16. The molecule has 3 N–H and O–H groups in total. The molecular formula is C17H26N2O2. The molecule has 1 amide bonds. The van der Waals surface area contributed by atoms with Crippen LogP contribution >= 0.6 is 0 Å². The molecule has 0 heterocycles. The molecule has 4 heteroatoms. The van der Waals surface area contributed by atoms with Crippen LogP contribution in [0.25, 0.3) is 0 Å². The number of hydrogen-bond acceptors (Lipinski definition) is 3. The normalized spacial score (nSPS) is 16.2. The molecule has 0 bridgehead atoms. The van der Waals surface area contributed by atoms with Crippen molar-refractivity contribution in [3.63, 3.8) is 0 Å². The molecule has 1 aromatic carbocycles. The molecular weight excluding hydrogens is 264 g/mol. The first-order valence-corrected chi connectivity index (χ1v) is 7.99. The number of carbonyl (C=O) groups is 1. The van der Waals surface area contributed by atoms with E-state index in [4.69, 9.17) is 10.5 Å². The van der Waals surface area contributed by atoms with Gasteiger partial charge in [0.2, 0.25) is 0 Å². The molecule has 0 saturated heterocycles. The van der Waals surface area contributed by atoms with E-state index in [1.54, 1.807) is 0 Å². The molecule has 0 aliphatic heterocycles. The predicted octanol–water partition coefficient (Wildman–Crippen LogP) is 3.05. The van der Waals surface area contributed by atoms with Gasteiger partial charge in [0, 0.05) is 6.04 Å². The lowest BCUT2D eigenvalue weighted by molar-refractivity contribution is -0.123. The summed E-state index contributed by atoms with van der Waals surface area (Å²) in [6, 6.07) is 6.03. The van der Waals surface area contributed by atoms with Gasteiger partial charge in [-0.3, -0.25) is 4.79 Å². The molecule has 1 fully saturated rings. The van der Waals surface area contributed by atoms with Crippen LogP contribution in [-0.2, 0) is 11.2 Å². The fraction of sp³-hybridized carbons (Fsp3) is 0.588. The van der Waals surface area contributed by atoms with Gasteiger partial charge >= 0.3 is 0 Å². The summed E-state index contributed by atoms with van der Waals surface area (Å²) in [6.07, 6.45) is 8.08. The third-order valence-electron chi connectivity index (χ3n) is 4.06. The number of nitrogens with one attached hydrogen (secondary N) is 1. The molecule has 0 radical (unpaired) electrons. The first kappa shape index (κ1) is 15.7. The second kappa shape index (κ2) is 7.91. The number of benzene rings is 1. The number of nitrogens with two attached hydrogens (primary N) is 1. The van der Waals surface area contributed by atoms with Gasteiger partial charge in [0.15, 0.2) is 6.61 Å². The Morgan fingerprint density at radius 3 is 2.62 bits per heavy atom. The van der Waals surface area contributed by atoms with Crippen LogP contribution in [0.15, 0.2) is 18.2 Å². The van der Waals surface area contributed by atoms with Crippen molar-refractivity contribution in [2.24, 2.45) is 0 Å². The van der Waals surface area contributed by atoms with Crippen molar-refractivity contribution in [3.05, 3.63) is 23.8 Å². The number of aryl methyl sites for hydroxylation is 1. The molecule has 0 atom stereocenters. The van der Waals surface area contributed by atoms with Crippen molar-refractivity contribution in [1.82, 2.24) is 5.32 Å². The van der Waals surface area contributed by atoms with E-state index in [0.717, 1.165) is 19.3 Å². The first-order chi connectivity index (χ1) is 10.2. The number of ether oxygens (including phenoxy) is 1. The minimum Gasteiger partial charge on any atom is -0.482 e. The van der Waals surface area contributed by atoms with Gasteiger partial charge in [0.25, 0.3) is 5.91 Å². The van der Waals surface area contributed by atoms with E-state index in [1.165, 1.54) is 31.2 Å². The van der Waals surface area contributed by atoms with Gasteiger partial charge in [0.05, 0.1) is 5.69 Å². The third kappa shape index (κ3) is 4.96. The van der Waals surface area contributed by atoms with Crippen LogP contribution in [0.4, 0.5) is 5.69 Å². The van der Waals surface area contributed by atoms with E-state index in [2.05, 4.69) is 12.2 Å². The third-order valence-corrected chi connectivity index (χ3v) is 4.06. The highest BCUT2D eigenvalue weighted by Crippen LogP contribution is 2.22. The SMILES string of the molecule is CCc1ccc(OCC(=O)NC2CCCCCC2)c(N)c1. The first-order valence-electron chi connectivity index (χ1n) is 7.99. The smallest absolute Gasteiger partial charge is 0.258 e. The minimum atomic E-state index is -0.0548. The molecule has 4 nitrogen and oxygen atoms in total. The second-order valence-electron chi connectivity index (χ2n) is 5.77. The van der Waals surface area contributed by atoms with Gasteiger partial charge in [-0.1, -0.05) is 38.7 Å². The molecule has 116 valence electrons. The van der Waals surface area contributed by atoms with E-state index >= 15 is 0 Å². The van der Waals surface area contributed by atoms with Crippen molar-refractivity contribution in [2.45, 2.75) is 57.9 Å². The number of carbonyl (C=O) groups excluding carboxylic acids is 1. The maximum Gasteiger partial charge on any atom is 0.258 e. The summed E-state index contributed by atoms with van der Waals surface area (Å²) < 4.78 is 5.53. The Hall–Kier alpha value is -1.71. The Balaban J connectivity index is 1.80. The van der Waals surface area contributed by atoms with Gasteiger partial charge < -0.3 is 15.8 Å². The maximum atomic E-state index is 12.0. The minimum absolute atomic E-state index is 0.0339. The fourth-order valence-electron chi connectivity index (χ4n) is 2.79. The maximum absolute atomic E-state index is 12.0. The Labute approximate surface area is 127 Å². The zero-order valence-corrected chi connectivity index (χ0v) is 12.9. The van der Waals surface area contributed by atoms with E-state index in [1.807, 2.05) is 18.2 Å². The zero-order chi connectivity index (χ0) is 15.1. The lowest BCUT2D eigenvalue weighted by atomic mass is 10.1. The highest BCUT2D eigenvalue weighted by molar-refractivity contribution is 5.78. The molecule has 0 aromatic heterocycles. The van der Waals surface area contributed by atoms with Crippen LogP contribution in [0, 0.1) is 0 Å². The van der Waals surface area contributed by atoms with E-state index in [-0.39, 0.29) is 12.5 Å². The van der Waals surface area contributed by atoms with Gasteiger partial charge in [-0.05, 0) is 37.0 Å². The van der Waals surface area contributed by atoms with Crippen LogP contribution in [-0.4, -0.2) is 18.6 Å². The molecule has 0 spiro atoms. The van der Waals surface area contributed by atoms with Crippen LogP contribution < -0.4 is 15.8 Å². The van der Waals surface area contributed by atoms with Crippen molar-refractivity contribution in [1.29, 1.82) is 0 Å². The van der Waals surface area contributed by atoms with E-state index in [0.29, 0.717) is 17.5 Å². The van der Waals surface area contributed by atoms with Gasteiger partial charge in [0.1, 0.15) is 5.75 Å². The van der Waals surface area contributed by atoms with Crippen LogP contribution in [0.3, 0.4) is 0 Å². The fourth-order valence-corrected chi connectivity index (χ4v) is 2.79. The lowest BCUT2D eigenvalue weighted by Crippen LogP contribution is -2.37. The summed E-state index contributed by atoms with van der Waals surface area (Å²) in [5.74, 6) is 0.532. The van der Waals surface area contributed by atoms with Crippen molar-refractivity contribution in [2.75, 3.05) is 12.3 Å². The molecule has 1 aromatic rings. The largest absolute Gasteiger partial charge is 0.482 e. The molecule has 2 rings (SSSR count). The Morgan fingerprint density at radius 1 is 1.29 bits per heavy atom. The Bertz CT molecular complexity index is 466. The van der Waals surface area contributed by atoms with Crippen LogP contribution in [0.1, 0.15) is 51.0 Å². The quantitative estimate of drug-likeness (QED) is 0.647. The summed E-state index contributed by atoms with van der Waals surface area (Å²) in [5.41, 5.74) is 7.69. The predicted molar refractivity (Wildman–Crippen MR) is 85.4 cm³/mol. The highest BCUT2D eigenvalue weighted by atomic mass is 16.5. The molecule has 1 aliphatic carbocycles. The number of hydrogen-bond donors (Lipinski definition) is 2. The van der Waals surface area contributed by atoms with Crippen molar-refractivity contribution < 1.29 is 9.53 Å². The van der Waals surface area contributed by atoms with Crippen molar-refractivity contribution >= 4 is 11.6 Å². The van der Waals surface area contributed by atoms with E-state index in [9.17, 15) is 4.79 Å². The number of rotatable bonds is 5. The van der Waals surface area contributed by atoms with Gasteiger partial charge in [-0.25, -0.2) is 0 Å².